The number of rotatable bonds is 5. The van der Waals surface area contributed by atoms with Crippen molar-refractivity contribution in [2.45, 2.75) is 31.5 Å². The van der Waals surface area contributed by atoms with Crippen LogP contribution in [0.2, 0.25) is 10.0 Å². The van der Waals surface area contributed by atoms with Crippen molar-refractivity contribution in [3.63, 3.8) is 0 Å². The average Bonchev–Trinajstić information content (AvgIpc) is 3.50. The number of imide groups is 1. The standard InChI is InChI=1S/C29H25Cl2N3O4/c1-3-22-24-25(27(36)34(26(24)35)17-9-11-18(38-2)12-10-17)29(32-22)19-6-4-5-7-23(19)33(28(29)37)15-16-8-13-20(30)21(31)14-16/h4-14,22,24-25,32H,3,15H2,1-2H3/t22-,24-,25-,29-/m0/s1. The molecule has 3 aromatic rings. The Morgan fingerprint density at radius 1 is 0.947 bits per heavy atom. The summed E-state index contributed by atoms with van der Waals surface area (Å²) in [6, 6.07) is 19.2. The number of nitrogens with zero attached hydrogens (tertiary/aromatic N) is 2. The number of hydrogen-bond donors (Lipinski definition) is 1. The van der Waals surface area contributed by atoms with Gasteiger partial charge in [-0.15, -0.1) is 0 Å². The van der Waals surface area contributed by atoms with Crippen molar-refractivity contribution in [1.29, 1.82) is 0 Å². The van der Waals surface area contributed by atoms with Gasteiger partial charge in [0.1, 0.15) is 11.3 Å². The predicted molar refractivity (Wildman–Crippen MR) is 145 cm³/mol. The molecule has 3 aromatic carbocycles. The highest BCUT2D eigenvalue weighted by Gasteiger charge is 2.71. The smallest absolute Gasteiger partial charge is 0.253 e. The molecule has 9 heteroatoms. The van der Waals surface area contributed by atoms with Crippen molar-refractivity contribution >= 4 is 52.3 Å². The summed E-state index contributed by atoms with van der Waals surface area (Å²) in [7, 11) is 1.56. The van der Waals surface area contributed by atoms with Crippen LogP contribution in [0.4, 0.5) is 11.4 Å². The van der Waals surface area contributed by atoms with Gasteiger partial charge < -0.3 is 9.64 Å². The van der Waals surface area contributed by atoms with Crippen LogP contribution in [0, 0.1) is 11.8 Å². The molecule has 0 unspecified atom stereocenters. The van der Waals surface area contributed by atoms with Gasteiger partial charge in [-0.1, -0.05) is 54.4 Å². The molecule has 3 aliphatic heterocycles. The van der Waals surface area contributed by atoms with E-state index in [0.29, 0.717) is 39.2 Å². The number of benzene rings is 3. The van der Waals surface area contributed by atoms with Gasteiger partial charge in [0.25, 0.3) is 5.91 Å². The molecular formula is C29H25Cl2N3O4. The van der Waals surface area contributed by atoms with Gasteiger partial charge in [0.15, 0.2) is 0 Å². The first kappa shape index (κ1) is 24.9. The number of fused-ring (bicyclic) bond motifs is 4. The minimum absolute atomic E-state index is 0.245. The fourth-order valence-electron chi connectivity index (χ4n) is 6.26. The van der Waals surface area contributed by atoms with Crippen LogP contribution in [0.25, 0.3) is 0 Å². The normalized spacial score (nSPS) is 25.9. The fraction of sp³-hybridized carbons (Fsp3) is 0.276. The van der Waals surface area contributed by atoms with Crippen LogP contribution in [0.1, 0.15) is 24.5 Å². The summed E-state index contributed by atoms with van der Waals surface area (Å²) in [5, 5.41) is 4.31. The molecule has 2 saturated heterocycles. The minimum Gasteiger partial charge on any atom is -0.497 e. The zero-order valence-corrected chi connectivity index (χ0v) is 22.3. The monoisotopic (exact) mass is 549 g/mol. The zero-order valence-electron chi connectivity index (χ0n) is 20.8. The number of para-hydroxylation sites is 1. The van der Waals surface area contributed by atoms with Crippen molar-refractivity contribution in [3.05, 3.63) is 87.9 Å². The van der Waals surface area contributed by atoms with E-state index in [9.17, 15) is 14.4 Å². The van der Waals surface area contributed by atoms with Gasteiger partial charge in [0.2, 0.25) is 11.8 Å². The Bertz CT molecular complexity index is 1480. The van der Waals surface area contributed by atoms with Gasteiger partial charge in [-0.3, -0.25) is 19.7 Å². The summed E-state index contributed by atoms with van der Waals surface area (Å²) in [6.07, 6.45) is 0.584. The number of carbonyl (C=O) groups is 3. The number of nitrogens with one attached hydrogen (secondary N) is 1. The highest BCUT2D eigenvalue weighted by Crippen LogP contribution is 2.55. The van der Waals surface area contributed by atoms with Gasteiger partial charge in [-0.25, -0.2) is 4.90 Å². The van der Waals surface area contributed by atoms with E-state index in [2.05, 4.69) is 5.32 Å². The molecule has 1 spiro atoms. The fourth-order valence-corrected chi connectivity index (χ4v) is 6.58. The van der Waals surface area contributed by atoms with Crippen LogP contribution >= 0.6 is 23.2 Å². The topological polar surface area (TPSA) is 79.0 Å². The summed E-state index contributed by atoms with van der Waals surface area (Å²) >= 11 is 12.4. The lowest BCUT2D eigenvalue weighted by molar-refractivity contribution is -0.132. The van der Waals surface area contributed by atoms with Crippen LogP contribution in [0.15, 0.2) is 66.7 Å². The van der Waals surface area contributed by atoms with E-state index in [1.54, 1.807) is 48.4 Å². The van der Waals surface area contributed by atoms with Crippen LogP contribution in [0.3, 0.4) is 0 Å². The molecule has 1 N–H and O–H groups in total. The predicted octanol–water partition coefficient (Wildman–Crippen LogP) is 4.93. The molecule has 3 aliphatic rings. The van der Waals surface area contributed by atoms with Crippen molar-refractivity contribution in [3.8, 4) is 5.75 Å². The molecule has 3 amide bonds. The van der Waals surface area contributed by atoms with Gasteiger partial charge in [0, 0.05) is 17.3 Å². The molecule has 0 bridgehead atoms. The van der Waals surface area contributed by atoms with E-state index in [4.69, 9.17) is 27.9 Å². The van der Waals surface area contributed by atoms with Crippen LogP contribution in [-0.4, -0.2) is 30.9 Å². The number of ether oxygens (including phenoxy) is 1. The minimum atomic E-state index is -1.36. The van der Waals surface area contributed by atoms with Crippen LogP contribution in [0.5, 0.6) is 5.75 Å². The Morgan fingerprint density at radius 2 is 1.68 bits per heavy atom. The Balaban J connectivity index is 1.45. The maximum atomic E-state index is 14.4. The van der Waals surface area contributed by atoms with E-state index in [0.717, 1.165) is 5.56 Å². The summed E-state index contributed by atoms with van der Waals surface area (Å²) < 4.78 is 5.23. The third-order valence-corrected chi connectivity index (χ3v) is 8.70. The summed E-state index contributed by atoms with van der Waals surface area (Å²) in [5.41, 5.74) is 1.32. The van der Waals surface area contributed by atoms with Gasteiger partial charge in [-0.2, -0.15) is 0 Å². The van der Waals surface area contributed by atoms with Crippen molar-refractivity contribution < 1.29 is 19.1 Å². The Morgan fingerprint density at radius 3 is 2.37 bits per heavy atom. The summed E-state index contributed by atoms with van der Waals surface area (Å²) in [5.74, 6) is -1.86. The second kappa shape index (κ2) is 9.12. The third kappa shape index (κ3) is 3.42. The van der Waals surface area contributed by atoms with E-state index in [1.165, 1.54) is 4.90 Å². The van der Waals surface area contributed by atoms with E-state index < -0.39 is 17.4 Å². The van der Waals surface area contributed by atoms with Gasteiger partial charge in [0.05, 0.1) is 41.2 Å². The molecule has 0 radical (unpaired) electrons. The Hall–Kier alpha value is -3.39. The van der Waals surface area contributed by atoms with E-state index >= 15 is 0 Å². The first-order valence-corrected chi connectivity index (χ1v) is 13.2. The molecule has 0 aromatic heterocycles. The number of hydrogen-bond acceptors (Lipinski definition) is 5. The molecule has 3 heterocycles. The van der Waals surface area contributed by atoms with Crippen molar-refractivity contribution in [1.82, 2.24) is 5.32 Å². The highest BCUT2D eigenvalue weighted by atomic mass is 35.5. The van der Waals surface area contributed by atoms with Gasteiger partial charge in [-0.05, 0) is 54.4 Å². The van der Waals surface area contributed by atoms with E-state index in [-0.39, 0.29) is 30.3 Å². The molecular weight excluding hydrogens is 525 g/mol. The number of methoxy groups -OCH3 is 1. The van der Waals surface area contributed by atoms with E-state index in [1.807, 2.05) is 37.3 Å². The lowest BCUT2D eigenvalue weighted by Crippen LogP contribution is -2.55. The number of carbonyl (C=O) groups excluding carboxylic acids is 3. The highest BCUT2D eigenvalue weighted by molar-refractivity contribution is 6.42. The van der Waals surface area contributed by atoms with Crippen LogP contribution in [-0.2, 0) is 26.5 Å². The second-order valence-corrected chi connectivity index (χ2v) is 10.7. The van der Waals surface area contributed by atoms with Crippen LogP contribution < -0.4 is 19.9 Å². The Kier molecular flexibility index (Phi) is 5.98. The largest absolute Gasteiger partial charge is 0.497 e. The summed E-state index contributed by atoms with van der Waals surface area (Å²) in [4.78, 5) is 45.2. The van der Waals surface area contributed by atoms with Crippen molar-refractivity contribution in [2.24, 2.45) is 11.8 Å². The Labute approximate surface area is 230 Å². The van der Waals surface area contributed by atoms with Crippen molar-refractivity contribution in [2.75, 3.05) is 16.9 Å². The first-order chi connectivity index (χ1) is 18.3. The first-order valence-electron chi connectivity index (χ1n) is 12.5. The number of amides is 3. The SMILES string of the molecule is CC[C@@H]1N[C@]2(C(=O)N(Cc3ccc(Cl)c(Cl)c3)c3ccccc32)[C@@H]2C(=O)N(c3ccc(OC)cc3)C(=O)[C@@H]12. The number of halogens is 2. The average molecular weight is 550 g/mol. The molecule has 0 saturated carbocycles. The van der Waals surface area contributed by atoms with Gasteiger partial charge >= 0.3 is 0 Å². The zero-order chi connectivity index (χ0) is 26.8. The summed E-state index contributed by atoms with van der Waals surface area (Å²) in [6.45, 7) is 2.20. The molecule has 2 fully saturated rings. The lowest BCUT2D eigenvalue weighted by atomic mass is 9.76. The molecule has 0 aliphatic carbocycles. The molecule has 4 atom stereocenters. The maximum absolute atomic E-state index is 14.4. The maximum Gasteiger partial charge on any atom is 0.253 e. The molecule has 6 rings (SSSR count). The molecule has 194 valence electrons. The quantitative estimate of drug-likeness (QED) is 0.456. The molecule has 7 nitrogen and oxygen atoms in total. The number of anilines is 2. The molecule has 38 heavy (non-hydrogen) atoms. The lowest BCUT2D eigenvalue weighted by Gasteiger charge is -2.30. The second-order valence-electron chi connectivity index (χ2n) is 9.84. The third-order valence-electron chi connectivity index (χ3n) is 7.96.